The van der Waals surface area contributed by atoms with E-state index in [0.717, 1.165) is 12.8 Å². The average molecular weight is 382 g/mol. The summed E-state index contributed by atoms with van der Waals surface area (Å²) in [7, 11) is 0. The molecular formula is C17H21Cl2N5O. The van der Waals surface area contributed by atoms with Crippen molar-refractivity contribution < 1.29 is 4.79 Å². The van der Waals surface area contributed by atoms with Gasteiger partial charge in [-0.05, 0) is 44.7 Å². The average Bonchev–Trinajstić information content (AvgIpc) is 2.96. The Hall–Kier alpha value is -1.63. The van der Waals surface area contributed by atoms with Gasteiger partial charge in [0.15, 0.2) is 0 Å². The number of aromatic nitrogens is 3. The molecule has 1 aromatic heterocycles. The Morgan fingerprint density at radius 1 is 1.28 bits per heavy atom. The first-order valence-corrected chi connectivity index (χ1v) is 9.07. The number of carbonyl (C=O) groups excluding carboxylic acids is 1. The van der Waals surface area contributed by atoms with E-state index in [4.69, 9.17) is 28.9 Å². The van der Waals surface area contributed by atoms with Gasteiger partial charge in [0.05, 0.1) is 10.0 Å². The summed E-state index contributed by atoms with van der Waals surface area (Å²) >= 11 is 12.5. The molecular weight excluding hydrogens is 361 g/mol. The molecule has 0 aliphatic carbocycles. The van der Waals surface area contributed by atoms with E-state index in [-0.39, 0.29) is 17.8 Å². The van der Waals surface area contributed by atoms with E-state index in [2.05, 4.69) is 10.1 Å². The van der Waals surface area contributed by atoms with Crippen LogP contribution < -0.4 is 5.73 Å². The summed E-state index contributed by atoms with van der Waals surface area (Å²) < 4.78 is 1.52. The maximum atomic E-state index is 12.7. The van der Waals surface area contributed by atoms with E-state index in [0.29, 0.717) is 40.6 Å². The molecule has 1 aliphatic rings. The van der Waals surface area contributed by atoms with Crippen LogP contribution in [0.25, 0.3) is 5.69 Å². The van der Waals surface area contributed by atoms with Gasteiger partial charge in [-0.25, -0.2) is 9.67 Å². The van der Waals surface area contributed by atoms with Crippen molar-refractivity contribution in [1.29, 1.82) is 0 Å². The molecule has 1 amide bonds. The first-order valence-electron chi connectivity index (χ1n) is 8.31. The fraction of sp³-hybridized carbons (Fsp3) is 0.471. The van der Waals surface area contributed by atoms with Gasteiger partial charge in [0.2, 0.25) is 5.82 Å². The third-order valence-electron chi connectivity index (χ3n) is 4.68. The smallest absolute Gasteiger partial charge is 0.293 e. The van der Waals surface area contributed by atoms with E-state index < -0.39 is 0 Å². The number of amides is 1. The Kier molecular flexibility index (Phi) is 5.32. The number of benzene rings is 1. The van der Waals surface area contributed by atoms with E-state index in [1.54, 1.807) is 30.0 Å². The van der Waals surface area contributed by atoms with Crippen LogP contribution in [0.3, 0.4) is 0 Å². The number of nitrogens with zero attached hydrogens (tertiary/aromatic N) is 4. The van der Waals surface area contributed by atoms with Crippen LogP contribution in [-0.4, -0.2) is 44.7 Å². The lowest BCUT2D eigenvalue weighted by atomic mass is 9.91. The zero-order chi connectivity index (χ0) is 18.1. The molecule has 6 nitrogen and oxygen atoms in total. The molecule has 1 aromatic carbocycles. The van der Waals surface area contributed by atoms with Crippen LogP contribution in [0.5, 0.6) is 0 Å². The van der Waals surface area contributed by atoms with Gasteiger partial charge in [-0.15, -0.1) is 5.10 Å². The highest BCUT2D eigenvalue weighted by atomic mass is 35.5. The minimum atomic E-state index is -0.173. The number of halogens is 2. The number of likely N-dealkylation sites (tertiary alicyclic amines) is 1. The molecule has 1 unspecified atom stereocenters. The van der Waals surface area contributed by atoms with Gasteiger partial charge in [-0.3, -0.25) is 4.79 Å². The normalized spacial score (nSPS) is 16.9. The Balaban J connectivity index is 1.82. The largest absolute Gasteiger partial charge is 0.336 e. The van der Waals surface area contributed by atoms with Crippen molar-refractivity contribution in [2.45, 2.75) is 32.7 Å². The summed E-state index contributed by atoms with van der Waals surface area (Å²) in [5.41, 5.74) is 6.49. The topological polar surface area (TPSA) is 77.0 Å². The van der Waals surface area contributed by atoms with E-state index in [1.165, 1.54) is 4.68 Å². The van der Waals surface area contributed by atoms with Crippen molar-refractivity contribution in [3.05, 3.63) is 39.9 Å². The first-order chi connectivity index (χ1) is 11.9. The van der Waals surface area contributed by atoms with E-state index in [1.807, 2.05) is 6.92 Å². The van der Waals surface area contributed by atoms with Crippen LogP contribution in [-0.2, 0) is 0 Å². The van der Waals surface area contributed by atoms with Gasteiger partial charge >= 0.3 is 0 Å². The lowest BCUT2D eigenvalue weighted by Crippen LogP contribution is -2.42. The van der Waals surface area contributed by atoms with Gasteiger partial charge in [-0.1, -0.05) is 29.3 Å². The number of carbonyl (C=O) groups is 1. The van der Waals surface area contributed by atoms with Crippen LogP contribution in [0.1, 0.15) is 36.2 Å². The third-order valence-corrected chi connectivity index (χ3v) is 5.29. The van der Waals surface area contributed by atoms with Crippen LogP contribution in [0, 0.1) is 12.8 Å². The molecule has 0 spiro atoms. The molecule has 25 heavy (non-hydrogen) atoms. The molecule has 1 saturated heterocycles. The summed E-state index contributed by atoms with van der Waals surface area (Å²) in [5.74, 6) is 1.00. The molecule has 0 bridgehead atoms. The maximum absolute atomic E-state index is 12.7. The number of rotatable bonds is 3. The molecule has 0 saturated carbocycles. The predicted molar refractivity (Wildman–Crippen MR) is 98.4 cm³/mol. The number of piperidine rings is 1. The van der Waals surface area contributed by atoms with Gasteiger partial charge in [0.25, 0.3) is 5.91 Å². The van der Waals surface area contributed by atoms with Crippen molar-refractivity contribution in [3.63, 3.8) is 0 Å². The minimum Gasteiger partial charge on any atom is -0.336 e. The standard InChI is InChI=1S/C17H21Cl2N5O/c1-10(20)12-6-8-23(9-7-12)17(25)16-21-11(2)24(22-16)15-13(18)4-3-5-14(15)19/h3-5,10,12H,6-9,20H2,1-2H3. The molecule has 1 fully saturated rings. The fourth-order valence-electron chi connectivity index (χ4n) is 3.15. The van der Waals surface area contributed by atoms with E-state index in [9.17, 15) is 4.79 Å². The number of hydrogen-bond acceptors (Lipinski definition) is 4. The lowest BCUT2D eigenvalue weighted by Gasteiger charge is -2.33. The zero-order valence-corrected chi connectivity index (χ0v) is 15.8. The summed E-state index contributed by atoms with van der Waals surface area (Å²) in [4.78, 5) is 18.8. The van der Waals surface area contributed by atoms with Crippen molar-refractivity contribution in [1.82, 2.24) is 19.7 Å². The molecule has 2 aromatic rings. The minimum absolute atomic E-state index is 0.152. The summed E-state index contributed by atoms with van der Waals surface area (Å²) in [6.07, 6.45) is 1.80. The molecule has 0 radical (unpaired) electrons. The molecule has 2 N–H and O–H groups in total. The SMILES string of the molecule is Cc1nc(C(=O)N2CCC(C(C)N)CC2)nn1-c1c(Cl)cccc1Cl. The van der Waals surface area contributed by atoms with Crippen molar-refractivity contribution in [2.75, 3.05) is 13.1 Å². The van der Waals surface area contributed by atoms with Gasteiger partial charge in [0, 0.05) is 19.1 Å². The first kappa shape index (κ1) is 18.2. The van der Waals surface area contributed by atoms with Gasteiger partial charge < -0.3 is 10.6 Å². The van der Waals surface area contributed by atoms with Crippen LogP contribution in [0.4, 0.5) is 0 Å². The molecule has 1 atom stereocenters. The van der Waals surface area contributed by atoms with E-state index >= 15 is 0 Å². The number of hydrogen-bond donors (Lipinski definition) is 1. The van der Waals surface area contributed by atoms with Gasteiger partial charge in [-0.2, -0.15) is 0 Å². The highest BCUT2D eigenvalue weighted by Gasteiger charge is 2.28. The molecule has 8 heteroatoms. The molecule has 3 rings (SSSR count). The van der Waals surface area contributed by atoms with Crippen LogP contribution >= 0.6 is 23.2 Å². The molecule has 134 valence electrons. The highest BCUT2D eigenvalue weighted by Crippen LogP contribution is 2.28. The quantitative estimate of drug-likeness (QED) is 0.885. The number of aryl methyl sites for hydroxylation is 1. The van der Waals surface area contributed by atoms with Crippen LogP contribution in [0.15, 0.2) is 18.2 Å². The van der Waals surface area contributed by atoms with Crippen molar-refractivity contribution >= 4 is 29.1 Å². The molecule has 1 aliphatic heterocycles. The highest BCUT2D eigenvalue weighted by molar-refractivity contribution is 6.37. The van der Waals surface area contributed by atoms with Crippen molar-refractivity contribution in [3.8, 4) is 5.69 Å². The summed E-state index contributed by atoms with van der Waals surface area (Å²) in [6, 6.07) is 5.36. The number of nitrogens with two attached hydrogens (primary N) is 1. The zero-order valence-electron chi connectivity index (χ0n) is 14.2. The Morgan fingerprint density at radius 2 is 1.88 bits per heavy atom. The van der Waals surface area contributed by atoms with Crippen LogP contribution in [0.2, 0.25) is 10.0 Å². The predicted octanol–water partition coefficient (Wildman–Crippen LogP) is 3.08. The Morgan fingerprint density at radius 3 is 2.44 bits per heavy atom. The Bertz CT molecular complexity index is 761. The van der Waals surface area contributed by atoms with Crippen molar-refractivity contribution in [2.24, 2.45) is 11.7 Å². The second kappa shape index (κ2) is 7.32. The third kappa shape index (κ3) is 3.66. The fourth-order valence-corrected chi connectivity index (χ4v) is 3.71. The monoisotopic (exact) mass is 381 g/mol. The lowest BCUT2D eigenvalue weighted by molar-refractivity contribution is 0.0668. The summed E-state index contributed by atoms with van der Waals surface area (Å²) in [6.45, 7) is 5.13. The number of para-hydroxylation sites is 1. The maximum Gasteiger partial charge on any atom is 0.293 e. The Labute approximate surface area is 156 Å². The second-order valence-corrected chi connectivity index (χ2v) is 7.27. The second-order valence-electron chi connectivity index (χ2n) is 6.45. The summed E-state index contributed by atoms with van der Waals surface area (Å²) in [5, 5.41) is 5.26. The molecule has 2 heterocycles. The van der Waals surface area contributed by atoms with Gasteiger partial charge in [0.1, 0.15) is 11.5 Å².